The number of thioether (sulfide) groups is 1. The van der Waals surface area contributed by atoms with Gasteiger partial charge in [0.1, 0.15) is 5.03 Å². The highest BCUT2D eigenvalue weighted by Crippen LogP contribution is 2.27. The molecule has 4 amide bonds. The van der Waals surface area contributed by atoms with E-state index >= 15 is 0 Å². The van der Waals surface area contributed by atoms with E-state index in [2.05, 4.69) is 22.5 Å². The number of primary amides is 1. The third-order valence-corrected chi connectivity index (χ3v) is 6.21. The Morgan fingerprint density at radius 2 is 1.81 bits per heavy atom. The molecule has 148 valence electrons. The average Bonchev–Trinajstić information content (AvgIpc) is 2.59. The Kier molecular flexibility index (Phi) is 7.24. The first kappa shape index (κ1) is 21.2. The van der Waals surface area contributed by atoms with E-state index in [4.69, 9.17) is 5.73 Å². The maximum atomic E-state index is 12.1. The lowest BCUT2D eigenvalue weighted by molar-refractivity contribution is -0.117. The van der Waals surface area contributed by atoms with Crippen LogP contribution in [-0.2, 0) is 4.79 Å². The monoisotopic (exact) mass is 392 g/mol. The third-order valence-electron chi connectivity index (χ3n) is 5.23. The minimum absolute atomic E-state index is 0.0249. The zero-order valence-electron chi connectivity index (χ0n) is 16.3. The minimum Gasteiger partial charge on any atom is -0.366 e. The predicted octanol–water partition coefficient (Wildman–Crippen LogP) is 2.60. The molecule has 1 saturated carbocycles. The van der Waals surface area contributed by atoms with E-state index in [1.165, 1.54) is 6.42 Å². The number of urea groups is 1. The van der Waals surface area contributed by atoms with Crippen LogP contribution in [0.1, 0.15) is 59.8 Å². The van der Waals surface area contributed by atoms with Crippen LogP contribution in [0.5, 0.6) is 0 Å². The molecule has 0 saturated heterocycles. The lowest BCUT2D eigenvalue weighted by Gasteiger charge is -2.29. The van der Waals surface area contributed by atoms with E-state index in [-0.39, 0.29) is 11.8 Å². The molecule has 0 aromatic carbocycles. The summed E-state index contributed by atoms with van der Waals surface area (Å²) in [6.45, 7) is 7.64. The number of pyridine rings is 1. The van der Waals surface area contributed by atoms with Crippen LogP contribution in [0.25, 0.3) is 0 Å². The van der Waals surface area contributed by atoms with Crippen molar-refractivity contribution in [2.45, 2.75) is 64.4 Å². The molecule has 1 fully saturated rings. The van der Waals surface area contributed by atoms with Gasteiger partial charge in [0.2, 0.25) is 5.91 Å². The molecule has 1 aliphatic carbocycles. The highest BCUT2D eigenvalue weighted by Gasteiger charge is 2.24. The Hall–Kier alpha value is -2.09. The van der Waals surface area contributed by atoms with Gasteiger partial charge in [0.15, 0.2) is 0 Å². The summed E-state index contributed by atoms with van der Waals surface area (Å²) in [6.07, 6.45) is 4.29. The molecule has 27 heavy (non-hydrogen) atoms. The van der Waals surface area contributed by atoms with Crippen molar-refractivity contribution in [3.8, 4) is 0 Å². The summed E-state index contributed by atoms with van der Waals surface area (Å²) in [5, 5.41) is 5.65. The third kappa shape index (κ3) is 5.45. The fourth-order valence-corrected chi connectivity index (χ4v) is 4.28. The first-order valence-corrected chi connectivity index (χ1v) is 10.2. The number of aryl methyl sites for hydroxylation is 1. The number of carbonyl (C=O) groups excluding carboxylic acids is 3. The molecule has 4 N–H and O–H groups in total. The van der Waals surface area contributed by atoms with E-state index in [1.54, 1.807) is 0 Å². The van der Waals surface area contributed by atoms with Crippen molar-refractivity contribution < 1.29 is 14.4 Å². The smallest absolute Gasteiger partial charge is 0.321 e. The highest BCUT2D eigenvalue weighted by molar-refractivity contribution is 8.00. The number of carbonyl (C=O) groups is 3. The molecule has 0 aliphatic heterocycles. The van der Waals surface area contributed by atoms with Crippen LogP contribution in [0, 0.1) is 26.7 Å². The maximum Gasteiger partial charge on any atom is 0.321 e. The number of rotatable bonds is 5. The topological polar surface area (TPSA) is 114 Å². The fourth-order valence-electron chi connectivity index (χ4n) is 3.34. The lowest BCUT2D eigenvalue weighted by atomic mass is 9.86. The van der Waals surface area contributed by atoms with Crippen molar-refractivity contribution in [3.63, 3.8) is 0 Å². The second kappa shape index (κ2) is 9.21. The molecule has 1 aromatic heterocycles. The Morgan fingerprint density at radius 3 is 2.44 bits per heavy atom. The normalized spacial score (nSPS) is 19.4. The van der Waals surface area contributed by atoms with Gasteiger partial charge in [0, 0.05) is 11.7 Å². The van der Waals surface area contributed by atoms with Crippen molar-refractivity contribution in [2.24, 2.45) is 11.7 Å². The van der Waals surface area contributed by atoms with Crippen LogP contribution >= 0.6 is 11.8 Å². The number of hydrogen-bond acceptors (Lipinski definition) is 5. The van der Waals surface area contributed by atoms with Gasteiger partial charge in [-0.25, -0.2) is 9.78 Å². The van der Waals surface area contributed by atoms with E-state index in [1.807, 2.05) is 20.8 Å². The summed E-state index contributed by atoms with van der Waals surface area (Å²) >= 11 is 1.11. The molecule has 2 rings (SSSR count). The van der Waals surface area contributed by atoms with Gasteiger partial charge in [-0.1, -0.05) is 31.5 Å². The van der Waals surface area contributed by atoms with Gasteiger partial charge in [0.05, 0.1) is 11.3 Å². The molecule has 1 heterocycles. The average molecular weight is 393 g/mol. The number of nitrogens with one attached hydrogen (secondary N) is 2. The number of hydrogen-bond donors (Lipinski definition) is 3. The molecule has 0 radical (unpaired) electrons. The van der Waals surface area contributed by atoms with Crippen LogP contribution in [-0.4, -0.2) is 34.6 Å². The molecule has 0 bridgehead atoms. The van der Waals surface area contributed by atoms with Gasteiger partial charge < -0.3 is 11.1 Å². The molecule has 1 aliphatic rings. The predicted molar refractivity (Wildman–Crippen MR) is 106 cm³/mol. The quantitative estimate of drug-likeness (QED) is 0.667. The van der Waals surface area contributed by atoms with E-state index in [0.29, 0.717) is 16.5 Å². The van der Waals surface area contributed by atoms with Crippen LogP contribution in [0.15, 0.2) is 5.03 Å². The molecule has 2 atom stereocenters. The number of imide groups is 1. The van der Waals surface area contributed by atoms with Crippen molar-refractivity contribution in [3.05, 3.63) is 22.4 Å². The fraction of sp³-hybridized carbons (Fsp3) is 0.579. The van der Waals surface area contributed by atoms with Crippen LogP contribution in [0.3, 0.4) is 0 Å². The summed E-state index contributed by atoms with van der Waals surface area (Å²) in [6, 6.07) is -0.372. The van der Waals surface area contributed by atoms with Gasteiger partial charge in [-0.2, -0.15) is 0 Å². The Morgan fingerprint density at radius 1 is 1.15 bits per heavy atom. The molecular formula is C19H28N4O3S. The maximum absolute atomic E-state index is 12.1. The van der Waals surface area contributed by atoms with Crippen molar-refractivity contribution in [2.75, 3.05) is 5.75 Å². The summed E-state index contributed by atoms with van der Waals surface area (Å²) in [5.74, 6) is -0.623. The van der Waals surface area contributed by atoms with E-state index < -0.39 is 17.8 Å². The molecule has 8 heteroatoms. The van der Waals surface area contributed by atoms with Gasteiger partial charge in [-0.05, 0) is 50.7 Å². The number of aromatic nitrogens is 1. The summed E-state index contributed by atoms with van der Waals surface area (Å²) < 4.78 is 0. The Labute approximate surface area is 164 Å². The molecule has 1 aromatic rings. The molecule has 7 nitrogen and oxygen atoms in total. The Balaban J connectivity index is 1.95. The number of nitrogens with zero attached hydrogens (tertiary/aromatic N) is 1. The minimum atomic E-state index is -0.574. The summed E-state index contributed by atoms with van der Waals surface area (Å²) in [4.78, 5) is 40.4. The highest BCUT2D eigenvalue weighted by atomic mass is 32.2. The summed E-state index contributed by atoms with van der Waals surface area (Å²) in [7, 11) is 0. The number of amides is 4. The lowest BCUT2D eigenvalue weighted by Crippen LogP contribution is -2.48. The Bertz CT molecular complexity index is 751. The van der Waals surface area contributed by atoms with Gasteiger partial charge >= 0.3 is 6.03 Å². The standard InChI is InChI=1S/C19H28N4O3S/c1-10-7-5-6-8-14(10)22-19(26)23-15(24)9-27-18-16(17(20)25)12(3)11(2)13(4)21-18/h10,14H,5-9H2,1-4H3,(H2,20,25)(H2,22,23,24,26)/t10-,14+/m1/s1. The van der Waals surface area contributed by atoms with Crippen molar-refractivity contribution >= 4 is 29.6 Å². The van der Waals surface area contributed by atoms with Crippen LogP contribution in [0.2, 0.25) is 0 Å². The van der Waals surface area contributed by atoms with Gasteiger partial charge in [0.25, 0.3) is 5.91 Å². The van der Waals surface area contributed by atoms with Gasteiger partial charge in [-0.15, -0.1) is 0 Å². The molecule has 0 spiro atoms. The van der Waals surface area contributed by atoms with Gasteiger partial charge in [-0.3, -0.25) is 14.9 Å². The first-order chi connectivity index (χ1) is 12.7. The van der Waals surface area contributed by atoms with E-state index in [0.717, 1.165) is 47.8 Å². The van der Waals surface area contributed by atoms with E-state index in [9.17, 15) is 14.4 Å². The van der Waals surface area contributed by atoms with Crippen molar-refractivity contribution in [1.82, 2.24) is 15.6 Å². The van der Waals surface area contributed by atoms with Crippen LogP contribution < -0.4 is 16.4 Å². The SMILES string of the molecule is Cc1nc(SCC(=O)NC(=O)N[C@H]2CCCC[C@H]2C)c(C(N)=O)c(C)c1C. The molecule has 0 unspecified atom stereocenters. The second-order valence-electron chi connectivity index (χ2n) is 7.17. The second-order valence-corrected chi connectivity index (χ2v) is 8.13. The zero-order valence-corrected chi connectivity index (χ0v) is 17.2. The largest absolute Gasteiger partial charge is 0.366 e. The number of nitrogens with two attached hydrogens (primary N) is 1. The zero-order chi connectivity index (χ0) is 20.1. The first-order valence-electron chi connectivity index (χ1n) is 9.21. The molecular weight excluding hydrogens is 364 g/mol. The summed E-state index contributed by atoms with van der Waals surface area (Å²) in [5.41, 5.74) is 8.26. The van der Waals surface area contributed by atoms with Crippen LogP contribution in [0.4, 0.5) is 4.79 Å². The van der Waals surface area contributed by atoms with Crippen molar-refractivity contribution in [1.29, 1.82) is 0 Å².